The fraction of sp³-hybridized carbons (Fsp3) is 0.500. The van der Waals surface area contributed by atoms with Crippen molar-refractivity contribution in [1.82, 2.24) is 19.5 Å². The van der Waals surface area contributed by atoms with Crippen LogP contribution in [0.1, 0.15) is 49.9 Å². The summed E-state index contributed by atoms with van der Waals surface area (Å²) in [5.41, 5.74) is 4.89. The molecule has 1 amide bonds. The third kappa shape index (κ3) is 4.45. The summed E-state index contributed by atoms with van der Waals surface area (Å²) in [7, 11) is 0. The Bertz CT molecular complexity index is 1140. The van der Waals surface area contributed by atoms with Gasteiger partial charge < -0.3 is 9.80 Å². The predicted octanol–water partition coefficient (Wildman–Crippen LogP) is 5.29. The lowest BCUT2D eigenvalue weighted by Gasteiger charge is -2.35. The molecule has 4 heterocycles. The monoisotopic (exact) mass is 465 g/mol. The number of halogens is 1. The van der Waals surface area contributed by atoms with Crippen molar-refractivity contribution in [3.8, 4) is 11.1 Å². The maximum Gasteiger partial charge on any atom is 0.225 e. The molecule has 0 bridgehead atoms. The Morgan fingerprint density at radius 1 is 0.970 bits per heavy atom. The number of aromatic nitrogens is 3. The van der Waals surface area contributed by atoms with Gasteiger partial charge in [0.05, 0.1) is 5.69 Å². The van der Waals surface area contributed by atoms with Gasteiger partial charge in [-0.15, -0.1) is 0 Å². The second-order valence-corrected chi connectivity index (χ2v) is 9.90. The van der Waals surface area contributed by atoms with Crippen molar-refractivity contribution in [3.05, 3.63) is 46.7 Å². The summed E-state index contributed by atoms with van der Waals surface area (Å²) in [5, 5.41) is 5.59. The largest absolute Gasteiger partial charge is 0.356 e. The molecule has 7 heteroatoms. The van der Waals surface area contributed by atoms with E-state index in [-0.39, 0.29) is 5.92 Å². The summed E-state index contributed by atoms with van der Waals surface area (Å²) in [6.07, 6.45) is 6.58. The van der Waals surface area contributed by atoms with Gasteiger partial charge in [0.25, 0.3) is 0 Å². The molecule has 3 aromatic rings. The van der Waals surface area contributed by atoms with Crippen molar-refractivity contribution < 1.29 is 4.79 Å². The Kier molecular flexibility index (Phi) is 6.28. The molecule has 0 saturated carbocycles. The highest BCUT2D eigenvalue weighted by atomic mass is 35.5. The maximum atomic E-state index is 13.1. The van der Waals surface area contributed by atoms with Crippen LogP contribution in [0.4, 0.5) is 5.82 Å². The molecule has 0 aliphatic carbocycles. The lowest BCUT2D eigenvalue weighted by atomic mass is 9.95. The molecule has 0 unspecified atom stereocenters. The average molecular weight is 466 g/mol. The molecule has 2 saturated heterocycles. The molecule has 6 nitrogen and oxygen atoms in total. The van der Waals surface area contributed by atoms with Gasteiger partial charge in [-0.2, -0.15) is 9.61 Å². The highest BCUT2D eigenvalue weighted by Gasteiger charge is 2.30. The summed E-state index contributed by atoms with van der Waals surface area (Å²) < 4.78 is 1.98. The first-order valence-electron chi connectivity index (χ1n) is 12.2. The lowest BCUT2D eigenvalue weighted by Crippen LogP contribution is -2.43. The van der Waals surface area contributed by atoms with Crippen LogP contribution < -0.4 is 4.90 Å². The Hall–Kier alpha value is -2.60. The van der Waals surface area contributed by atoms with Crippen molar-refractivity contribution in [2.75, 3.05) is 31.1 Å². The number of fused-ring (bicyclic) bond motifs is 1. The van der Waals surface area contributed by atoms with Crippen molar-refractivity contribution in [1.29, 1.82) is 0 Å². The third-order valence-electron chi connectivity index (χ3n) is 7.09. The lowest BCUT2D eigenvalue weighted by molar-refractivity contribution is -0.136. The number of hydrogen-bond acceptors (Lipinski definition) is 4. The van der Waals surface area contributed by atoms with Crippen LogP contribution >= 0.6 is 11.6 Å². The molecular weight excluding hydrogens is 434 g/mol. The first-order chi connectivity index (χ1) is 16.0. The quantitative estimate of drug-likeness (QED) is 0.527. The molecule has 2 aromatic heterocycles. The van der Waals surface area contributed by atoms with Crippen molar-refractivity contribution in [3.63, 3.8) is 0 Å². The van der Waals surface area contributed by atoms with Crippen LogP contribution in [0.25, 0.3) is 16.8 Å². The van der Waals surface area contributed by atoms with Gasteiger partial charge in [-0.1, -0.05) is 36.6 Å². The number of likely N-dealkylation sites (tertiary alicyclic amines) is 1. The van der Waals surface area contributed by atoms with E-state index >= 15 is 0 Å². The molecule has 0 atom stereocenters. The zero-order chi connectivity index (χ0) is 22.9. The molecule has 33 heavy (non-hydrogen) atoms. The minimum absolute atomic E-state index is 0.141. The number of hydrogen-bond donors (Lipinski definition) is 0. The van der Waals surface area contributed by atoms with E-state index in [4.69, 9.17) is 21.7 Å². The zero-order valence-electron chi connectivity index (χ0n) is 19.6. The minimum atomic E-state index is 0.141. The Morgan fingerprint density at radius 2 is 1.64 bits per heavy atom. The van der Waals surface area contributed by atoms with E-state index in [1.807, 2.05) is 42.6 Å². The van der Waals surface area contributed by atoms with E-state index in [0.29, 0.717) is 5.91 Å². The van der Waals surface area contributed by atoms with Crippen LogP contribution in [0, 0.1) is 19.8 Å². The average Bonchev–Trinajstić information content (AvgIpc) is 2.99. The first kappa shape index (κ1) is 22.2. The molecule has 0 radical (unpaired) electrons. The molecule has 2 aliphatic heterocycles. The summed E-state index contributed by atoms with van der Waals surface area (Å²) in [4.78, 5) is 22.4. The number of benzene rings is 1. The van der Waals surface area contributed by atoms with Crippen molar-refractivity contribution >= 4 is 29.0 Å². The van der Waals surface area contributed by atoms with Gasteiger partial charge in [-0.05, 0) is 57.2 Å². The maximum absolute atomic E-state index is 13.1. The van der Waals surface area contributed by atoms with Gasteiger partial charge >= 0.3 is 0 Å². The van der Waals surface area contributed by atoms with E-state index in [1.54, 1.807) is 0 Å². The van der Waals surface area contributed by atoms with Crippen LogP contribution in [-0.2, 0) is 4.79 Å². The van der Waals surface area contributed by atoms with Gasteiger partial charge in [-0.3, -0.25) is 4.79 Å². The SMILES string of the molecule is Cc1cc(N2CCC(C(=O)N3CCCCCC3)CC2)n2nc(C)c(-c3ccc(Cl)cc3)c2n1. The van der Waals surface area contributed by atoms with Crippen LogP contribution in [0.3, 0.4) is 0 Å². The number of piperidine rings is 1. The van der Waals surface area contributed by atoms with Crippen molar-refractivity contribution in [2.45, 2.75) is 52.4 Å². The molecule has 5 rings (SSSR count). The molecule has 2 fully saturated rings. The zero-order valence-corrected chi connectivity index (χ0v) is 20.3. The minimum Gasteiger partial charge on any atom is -0.356 e. The fourth-order valence-electron chi connectivity index (χ4n) is 5.31. The number of anilines is 1. The van der Waals surface area contributed by atoms with E-state index in [1.165, 1.54) is 12.8 Å². The summed E-state index contributed by atoms with van der Waals surface area (Å²) in [6, 6.07) is 9.97. The number of amides is 1. The molecular formula is C26H32ClN5O. The van der Waals surface area contributed by atoms with Crippen molar-refractivity contribution in [2.24, 2.45) is 5.92 Å². The van der Waals surface area contributed by atoms with Gasteiger partial charge in [-0.25, -0.2) is 4.98 Å². The van der Waals surface area contributed by atoms with E-state index in [0.717, 1.165) is 90.9 Å². The van der Waals surface area contributed by atoms with E-state index < -0.39 is 0 Å². The van der Waals surface area contributed by atoms with Gasteiger partial charge in [0.1, 0.15) is 5.82 Å². The van der Waals surface area contributed by atoms with Crippen LogP contribution in [0.15, 0.2) is 30.3 Å². The summed E-state index contributed by atoms with van der Waals surface area (Å²) >= 11 is 6.10. The third-order valence-corrected chi connectivity index (χ3v) is 7.34. The number of carbonyl (C=O) groups excluding carboxylic acids is 1. The number of rotatable bonds is 3. The first-order valence-corrected chi connectivity index (χ1v) is 12.6. The predicted molar refractivity (Wildman–Crippen MR) is 133 cm³/mol. The number of nitrogens with zero attached hydrogens (tertiary/aromatic N) is 5. The summed E-state index contributed by atoms with van der Waals surface area (Å²) in [5.74, 6) is 1.57. The molecule has 0 spiro atoms. The fourth-order valence-corrected chi connectivity index (χ4v) is 5.44. The van der Waals surface area contributed by atoms with Crippen LogP contribution in [0.2, 0.25) is 5.02 Å². The van der Waals surface area contributed by atoms with Gasteiger partial charge in [0, 0.05) is 54.4 Å². The van der Waals surface area contributed by atoms with Gasteiger partial charge in [0.2, 0.25) is 5.91 Å². The standard InChI is InChI=1S/C26H32ClN5O/c1-18-17-23(30-15-11-21(12-16-30)26(33)31-13-5-3-4-6-14-31)32-25(28-18)24(19(2)29-32)20-7-9-22(27)10-8-20/h7-10,17,21H,3-6,11-16H2,1-2H3. The molecule has 1 aromatic carbocycles. The number of carbonyl (C=O) groups is 1. The second kappa shape index (κ2) is 9.34. The topological polar surface area (TPSA) is 53.7 Å². The van der Waals surface area contributed by atoms with Crippen LogP contribution in [0.5, 0.6) is 0 Å². The normalized spacial score (nSPS) is 18.0. The Labute approximate surface area is 200 Å². The molecule has 2 aliphatic rings. The highest BCUT2D eigenvalue weighted by Crippen LogP contribution is 2.32. The van der Waals surface area contributed by atoms with E-state index in [2.05, 4.69) is 15.9 Å². The highest BCUT2D eigenvalue weighted by molar-refractivity contribution is 6.30. The van der Waals surface area contributed by atoms with Gasteiger partial charge in [0.15, 0.2) is 5.65 Å². The van der Waals surface area contributed by atoms with E-state index in [9.17, 15) is 4.79 Å². The Balaban J connectivity index is 1.39. The molecule has 174 valence electrons. The summed E-state index contributed by atoms with van der Waals surface area (Å²) in [6.45, 7) is 7.65. The smallest absolute Gasteiger partial charge is 0.225 e. The van der Waals surface area contributed by atoms with Crippen LogP contribution in [-0.4, -0.2) is 51.6 Å². The Morgan fingerprint density at radius 3 is 2.30 bits per heavy atom. The second-order valence-electron chi connectivity index (χ2n) is 9.46. The molecule has 0 N–H and O–H groups in total. The number of aryl methyl sites for hydroxylation is 2.